The molecule has 3 nitrogen and oxygen atoms in total. The van der Waals surface area contributed by atoms with Crippen LogP contribution in [0, 0.1) is 0 Å². The number of benzene rings is 9. The minimum atomic E-state index is -0.0684. The van der Waals surface area contributed by atoms with Crippen LogP contribution >= 0.6 is 22.7 Å². The fraction of sp³-hybridized carbons (Fsp3) is 0.0517. The van der Waals surface area contributed by atoms with Crippen molar-refractivity contribution >= 4 is 96.7 Å². The van der Waals surface area contributed by atoms with Gasteiger partial charge in [-0.1, -0.05) is 140 Å². The molecule has 0 unspecified atom stereocenters. The number of para-hydroxylation sites is 2. The van der Waals surface area contributed by atoms with E-state index in [0.717, 1.165) is 16.3 Å². The van der Waals surface area contributed by atoms with Gasteiger partial charge in [0.15, 0.2) is 5.13 Å². The van der Waals surface area contributed by atoms with Crippen LogP contribution in [0.1, 0.15) is 25.0 Å². The van der Waals surface area contributed by atoms with E-state index in [1.165, 1.54) is 113 Å². The molecule has 0 aliphatic heterocycles. The Morgan fingerprint density at radius 1 is 0.397 bits per heavy atom. The standard InChI is InChI=1S/C58H37N3S2/c1-58(2)45-16-8-6-14-39(45)40-26-22-37(31-46(40)58)36-23-27-49-42(30-36)43-32-44-54(33-51(43)60(49)38-24-20-35(21-25-38)34-12-4-3-5-13-34)62-53-29-28-50-55(56(44)53)41-15-7-10-18-48(41)61(50)57-59-47-17-9-11-19-52(47)63-57/h3-33H,1-2H3. The zero-order valence-electron chi connectivity index (χ0n) is 34.6. The highest BCUT2D eigenvalue weighted by Gasteiger charge is 2.35. The van der Waals surface area contributed by atoms with Crippen LogP contribution in [-0.2, 0) is 5.41 Å². The molecule has 13 aromatic rings. The normalized spacial score (nSPS) is 13.4. The predicted octanol–water partition coefficient (Wildman–Crippen LogP) is 16.5. The van der Waals surface area contributed by atoms with Crippen molar-refractivity contribution in [2.75, 3.05) is 0 Å². The van der Waals surface area contributed by atoms with E-state index >= 15 is 0 Å². The highest BCUT2D eigenvalue weighted by atomic mass is 32.1. The first kappa shape index (κ1) is 35.3. The fourth-order valence-electron chi connectivity index (χ4n) is 10.8. The summed E-state index contributed by atoms with van der Waals surface area (Å²) in [5.41, 5.74) is 17.3. The van der Waals surface area contributed by atoms with E-state index < -0.39 is 0 Å². The summed E-state index contributed by atoms with van der Waals surface area (Å²) in [5, 5.41) is 8.65. The maximum absolute atomic E-state index is 5.17. The minimum absolute atomic E-state index is 0.0684. The van der Waals surface area contributed by atoms with Crippen LogP contribution in [0.5, 0.6) is 0 Å². The maximum atomic E-state index is 5.17. The molecule has 4 aromatic heterocycles. The van der Waals surface area contributed by atoms with Crippen molar-refractivity contribution in [3.05, 3.63) is 199 Å². The molecular formula is C58H37N3S2. The number of aromatic nitrogens is 3. The van der Waals surface area contributed by atoms with E-state index in [1.807, 2.05) is 11.3 Å². The van der Waals surface area contributed by atoms with Gasteiger partial charge in [0.05, 0.1) is 32.3 Å². The summed E-state index contributed by atoms with van der Waals surface area (Å²) in [4.78, 5) is 5.17. The van der Waals surface area contributed by atoms with Crippen molar-refractivity contribution in [2.24, 2.45) is 0 Å². The Morgan fingerprint density at radius 2 is 1.08 bits per heavy atom. The maximum Gasteiger partial charge on any atom is 0.195 e. The SMILES string of the molecule is CC1(C)c2ccccc2-c2ccc(-c3ccc4c(c3)c3cc5c(cc3n4-c3ccc(-c4ccccc4)cc3)sc3ccc4c(c6ccccc6n4-c4nc6ccccc6s4)c35)cc21. The van der Waals surface area contributed by atoms with Gasteiger partial charge >= 0.3 is 0 Å². The third kappa shape index (κ3) is 4.98. The van der Waals surface area contributed by atoms with E-state index in [-0.39, 0.29) is 5.41 Å². The van der Waals surface area contributed by atoms with Gasteiger partial charge in [-0.25, -0.2) is 4.98 Å². The molecule has 0 radical (unpaired) electrons. The Kier molecular flexibility index (Phi) is 7.21. The molecule has 9 aromatic carbocycles. The molecular weight excluding hydrogens is 803 g/mol. The van der Waals surface area contributed by atoms with Gasteiger partial charge in [-0.05, 0) is 117 Å². The summed E-state index contributed by atoms with van der Waals surface area (Å²) >= 11 is 3.65. The zero-order valence-corrected chi connectivity index (χ0v) is 36.2. The molecule has 5 heteroatoms. The van der Waals surface area contributed by atoms with Crippen molar-refractivity contribution in [1.82, 2.24) is 14.1 Å². The fourth-order valence-corrected chi connectivity index (χ4v) is 12.9. The lowest BCUT2D eigenvalue weighted by atomic mass is 9.81. The molecule has 0 atom stereocenters. The summed E-state index contributed by atoms with van der Waals surface area (Å²) in [7, 11) is 0. The van der Waals surface area contributed by atoms with E-state index in [2.05, 4.69) is 211 Å². The van der Waals surface area contributed by atoms with Crippen molar-refractivity contribution in [1.29, 1.82) is 0 Å². The first-order valence-electron chi connectivity index (χ1n) is 21.6. The monoisotopic (exact) mass is 839 g/mol. The van der Waals surface area contributed by atoms with Gasteiger partial charge in [0.1, 0.15) is 0 Å². The molecule has 14 rings (SSSR count). The second-order valence-electron chi connectivity index (χ2n) is 17.5. The molecule has 1 aliphatic carbocycles. The average Bonchev–Trinajstić information content (AvgIpc) is 4.12. The molecule has 0 spiro atoms. The van der Waals surface area contributed by atoms with Crippen LogP contribution in [0.3, 0.4) is 0 Å². The minimum Gasteiger partial charge on any atom is -0.309 e. The predicted molar refractivity (Wildman–Crippen MR) is 270 cm³/mol. The van der Waals surface area contributed by atoms with Gasteiger partial charge in [-0.15, -0.1) is 11.3 Å². The Balaban J connectivity index is 1.03. The molecule has 0 saturated carbocycles. The number of thiophene rings is 1. The lowest BCUT2D eigenvalue weighted by Crippen LogP contribution is -2.14. The van der Waals surface area contributed by atoms with Gasteiger partial charge in [-0.2, -0.15) is 0 Å². The van der Waals surface area contributed by atoms with Crippen molar-refractivity contribution in [3.8, 4) is 44.2 Å². The summed E-state index contributed by atoms with van der Waals surface area (Å²) in [5.74, 6) is 0. The van der Waals surface area contributed by atoms with E-state index in [9.17, 15) is 0 Å². The van der Waals surface area contributed by atoms with Gasteiger partial charge in [0.25, 0.3) is 0 Å². The van der Waals surface area contributed by atoms with Gasteiger partial charge in [0, 0.05) is 52.8 Å². The van der Waals surface area contributed by atoms with Crippen LogP contribution < -0.4 is 0 Å². The van der Waals surface area contributed by atoms with Crippen molar-refractivity contribution in [2.45, 2.75) is 19.3 Å². The largest absolute Gasteiger partial charge is 0.309 e. The van der Waals surface area contributed by atoms with E-state index in [0.29, 0.717) is 0 Å². The highest BCUT2D eigenvalue weighted by Crippen LogP contribution is 2.51. The van der Waals surface area contributed by atoms with E-state index in [4.69, 9.17) is 4.98 Å². The third-order valence-corrected chi connectivity index (χ3v) is 15.9. The molecule has 0 fully saturated rings. The van der Waals surface area contributed by atoms with Crippen LogP contribution in [0.2, 0.25) is 0 Å². The second-order valence-corrected chi connectivity index (χ2v) is 19.6. The second kappa shape index (κ2) is 12.9. The Hall–Kier alpha value is -7.31. The molecule has 0 saturated heterocycles. The molecule has 0 amide bonds. The highest BCUT2D eigenvalue weighted by molar-refractivity contribution is 7.26. The molecule has 0 bridgehead atoms. The summed E-state index contributed by atoms with van der Waals surface area (Å²) < 4.78 is 8.63. The lowest BCUT2D eigenvalue weighted by molar-refractivity contribution is 0.660. The molecule has 296 valence electrons. The quantitative estimate of drug-likeness (QED) is 0.173. The molecule has 0 N–H and O–H groups in total. The Labute approximate surface area is 371 Å². The van der Waals surface area contributed by atoms with Crippen LogP contribution in [0.4, 0.5) is 0 Å². The zero-order chi connectivity index (χ0) is 41.6. The van der Waals surface area contributed by atoms with Crippen LogP contribution in [0.25, 0.3) is 118 Å². The summed E-state index contributed by atoms with van der Waals surface area (Å²) in [6, 6.07) is 69.8. The number of rotatable bonds is 4. The van der Waals surface area contributed by atoms with Crippen molar-refractivity contribution in [3.63, 3.8) is 0 Å². The Bertz CT molecular complexity index is 4010. The van der Waals surface area contributed by atoms with E-state index in [1.54, 1.807) is 11.3 Å². The number of thiazole rings is 1. The van der Waals surface area contributed by atoms with Crippen LogP contribution in [-0.4, -0.2) is 14.1 Å². The number of fused-ring (bicyclic) bond motifs is 14. The van der Waals surface area contributed by atoms with Crippen LogP contribution in [0.15, 0.2) is 188 Å². The third-order valence-electron chi connectivity index (χ3n) is 13.8. The Morgan fingerprint density at radius 3 is 1.97 bits per heavy atom. The number of hydrogen-bond donors (Lipinski definition) is 0. The van der Waals surface area contributed by atoms with Gasteiger partial charge in [-0.3, -0.25) is 4.57 Å². The molecule has 4 heterocycles. The molecule has 1 aliphatic rings. The summed E-state index contributed by atoms with van der Waals surface area (Å²) in [6.45, 7) is 4.73. The number of nitrogens with zero attached hydrogens (tertiary/aromatic N) is 3. The topological polar surface area (TPSA) is 22.8 Å². The number of hydrogen-bond acceptors (Lipinski definition) is 3. The van der Waals surface area contributed by atoms with Crippen molar-refractivity contribution < 1.29 is 0 Å². The molecule has 63 heavy (non-hydrogen) atoms. The smallest absolute Gasteiger partial charge is 0.195 e. The van der Waals surface area contributed by atoms with Gasteiger partial charge < -0.3 is 4.57 Å². The van der Waals surface area contributed by atoms with Gasteiger partial charge in [0.2, 0.25) is 0 Å². The lowest BCUT2D eigenvalue weighted by Gasteiger charge is -2.22. The first-order chi connectivity index (χ1) is 31.0. The first-order valence-corrected chi connectivity index (χ1v) is 23.2. The average molecular weight is 840 g/mol. The summed E-state index contributed by atoms with van der Waals surface area (Å²) in [6.07, 6.45) is 0.